The molecule has 3 atom stereocenters. The second-order valence-electron chi connectivity index (χ2n) is 4.44. The van der Waals surface area contributed by atoms with Crippen molar-refractivity contribution in [3.8, 4) is 0 Å². The molecule has 4 N–H and O–H groups in total. The molecule has 1 heterocycles. The van der Waals surface area contributed by atoms with Gasteiger partial charge in [-0.2, -0.15) is 0 Å². The lowest BCUT2D eigenvalue weighted by molar-refractivity contribution is -0.124. The lowest BCUT2D eigenvalue weighted by Crippen LogP contribution is -2.53. The first-order valence-corrected chi connectivity index (χ1v) is 5.89. The Balaban J connectivity index is 2.60. The fourth-order valence-electron chi connectivity index (χ4n) is 2.43. The van der Waals surface area contributed by atoms with Crippen LogP contribution in [0.5, 0.6) is 0 Å². The first-order valence-electron chi connectivity index (χ1n) is 5.89. The molecule has 1 rings (SSSR count). The van der Waals surface area contributed by atoms with Crippen LogP contribution in [0.25, 0.3) is 0 Å². The number of primary amides is 1. The number of nitrogens with zero attached hydrogens (tertiary/aromatic N) is 1. The van der Waals surface area contributed by atoms with Crippen LogP contribution in [-0.4, -0.2) is 36.0 Å². The zero-order valence-electron chi connectivity index (χ0n) is 9.78. The van der Waals surface area contributed by atoms with Crippen LogP contribution < -0.4 is 11.5 Å². The standard InChI is InChI=1S/C11H23N3O/c1-3-8-7-14(6-5-9(8)12)10(4-2)11(13)15/h8-10H,3-7,12H2,1-2H3,(H2,13,15). The van der Waals surface area contributed by atoms with Crippen LogP contribution in [0.2, 0.25) is 0 Å². The molecule has 1 amide bonds. The van der Waals surface area contributed by atoms with Gasteiger partial charge in [-0.25, -0.2) is 0 Å². The van der Waals surface area contributed by atoms with Gasteiger partial charge in [-0.15, -0.1) is 0 Å². The maximum Gasteiger partial charge on any atom is 0.234 e. The molecule has 88 valence electrons. The summed E-state index contributed by atoms with van der Waals surface area (Å²) in [6.45, 7) is 5.97. The molecule has 3 unspecified atom stereocenters. The van der Waals surface area contributed by atoms with E-state index in [1.807, 2.05) is 6.92 Å². The summed E-state index contributed by atoms with van der Waals surface area (Å²) >= 11 is 0. The van der Waals surface area contributed by atoms with Crippen molar-refractivity contribution in [2.45, 2.75) is 45.2 Å². The van der Waals surface area contributed by atoms with Gasteiger partial charge in [-0.1, -0.05) is 20.3 Å². The summed E-state index contributed by atoms with van der Waals surface area (Å²) in [6.07, 6.45) is 2.84. The van der Waals surface area contributed by atoms with Gasteiger partial charge in [0.15, 0.2) is 0 Å². The van der Waals surface area contributed by atoms with Crippen LogP contribution in [0.4, 0.5) is 0 Å². The third-order valence-corrected chi connectivity index (χ3v) is 3.50. The minimum atomic E-state index is -0.206. The van der Waals surface area contributed by atoms with E-state index >= 15 is 0 Å². The molecule has 1 fully saturated rings. The predicted octanol–water partition coefficient (Wildman–Crippen LogP) is 0.310. The number of likely N-dealkylation sites (tertiary alicyclic amines) is 1. The summed E-state index contributed by atoms with van der Waals surface area (Å²) in [4.78, 5) is 13.4. The van der Waals surface area contributed by atoms with Crippen molar-refractivity contribution in [2.24, 2.45) is 17.4 Å². The maximum atomic E-state index is 11.3. The van der Waals surface area contributed by atoms with Crippen LogP contribution in [-0.2, 0) is 4.79 Å². The van der Waals surface area contributed by atoms with E-state index in [0.29, 0.717) is 5.92 Å². The maximum absolute atomic E-state index is 11.3. The Hall–Kier alpha value is -0.610. The Labute approximate surface area is 92.0 Å². The predicted molar refractivity (Wildman–Crippen MR) is 61.2 cm³/mol. The molecular weight excluding hydrogens is 190 g/mol. The van der Waals surface area contributed by atoms with Gasteiger partial charge in [-0.05, 0) is 18.8 Å². The zero-order chi connectivity index (χ0) is 11.4. The smallest absolute Gasteiger partial charge is 0.234 e. The third-order valence-electron chi connectivity index (χ3n) is 3.50. The van der Waals surface area contributed by atoms with E-state index in [9.17, 15) is 4.79 Å². The van der Waals surface area contributed by atoms with Crippen molar-refractivity contribution < 1.29 is 4.79 Å². The summed E-state index contributed by atoms with van der Waals surface area (Å²) in [5.41, 5.74) is 11.4. The van der Waals surface area contributed by atoms with Crippen molar-refractivity contribution >= 4 is 5.91 Å². The van der Waals surface area contributed by atoms with Gasteiger partial charge < -0.3 is 11.5 Å². The van der Waals surface area contributed by atoms with Crippen LogP contribution in [0.3, 0.4) is 0 Å². The fraction of sp³-hybridized carbons (Fsp3) is 0.909. The van der Waals surface area contributed by atoms with E-state index in [4.69, 9.17) is 11.5 Å². The molecule has 0 spiro atoms. The minimum Gasteiger partial charge on any atom is -0.368 e. The highest BCUT2D eigenvalue weighted by Gasteiger charge is 2.30. The summed E-state index contributed by atoms with van der Waals surface area (Å²) in [5, 5.41) is 0. The van der Waals surface area contributed by atoms with Crippen LogP contribution >= 0.6 is 0 Å². The zero-order valence-corrected chi connectivity index (χ0v) is 9.78. The number of amides is 1. The molecular formula is C11H23N3O. The Bertz CT molecular complexity index is 220. The molecule has 0 saturated carbocycles. The molecule has 0 radical (unpaired) electrons. The molecule has 4 heteroatoms. The number of hydrogen-bond acceptors (Lipinski definition) is 3. The van der Waals surface area contributed by atoms with Crippen LogP contribution in [0.1, 0.15) is 33.1 Å². The molecule has 4 nitrogen and oxygen atoms in total. The van der Waals surface area contributed by atoms with Crippen LogP contribution in [0.15, 0.2) is 0 Å². The van der Waals surface area contributed by atoms with Crippen molar-refractivity contribution in [3.05, 3.63) is 0 Å². The third kappa shape index (κ3) is 2.92. The van der Waals surface area contributed by atoms with Gasteiger partial charge in [-0.3, -0.25) is 9.69 Å². The summed E-state index contributed by atoms with van der Waals surface area (Å²) < 4.78 is 0. The Morgan fingerprint density at radius 3 is 2.67 bits per heavy atom. The number of piperidine rings is 1. The van der Waals surface area contributed by atoms with Gasteiger partial charge in [0.2, 0.25) is 5.91 Å². The SMILES string of the molecule is CCC1CN(C(CC)C(N)=O)CCC1N. The minimum absolute atomic E-state index is 0.105. The average molecular weight is 213 g/mol. The van der Waals surface area contributed by atoms with Crippen molar-refractivity contribution in [1.29, 1.82) is 0 Å². The average Bonchev–Trinajstić information content (AvgIpc) is 2.21. The van der Waals surface area contributed by atoms with E-state index in [2.05, 4.69) is 11.8 Å². The molecule has 1 saturated heterocycles. The molecule has 0 aromatic heterocycles. The second kappa shape index (κ2) is 5.47. The highest BCUT2D eigenvalue weighted by atomic mass is 16.1. The van der Waals surface area contributed by atoms with Gasteiger partial charge in [0.05, 0.1) is 6.04 Å². The van der Waals surface area contributed by atoms with Crippen LogP contribution in [0, 0.1) is 5.92 Å². The van der Waals surface area contributed by atoms with Gasteiger partial charge in [0.1, 0.15) is 0 Å². The lowest BCUT2D eigenvalue weighted by Gasteiger charge is -2.39. The largest absolute Gasteiger partial charge is 0.368 e. The van der Waals surface area contributed by atoms with Gasteiger partial charge in [0.25, 0.3) is 0 Å². The fourth-order valence-corrected chi connectivity index (χ4v) is 2.43. The Morgan fingerprint density at radius 2 is 2.20 bits per heavy atom. The monoisotopic (exact) mass is 213 g/mol. The first kappa shape index (κ1) is 12.5. The molecule has 0 aliphatic carbocycles. The normalized spacial score (nSPS) is 30.1. The number of carbonyl (C=O) groups excluding carboxylic acids is 1. The number of carbonyl (C=O) groups is 1. The number of nitrogens with two attached hydrogens (primary N) is 2. The van der Waals surface area contributed by atoms with E-state index in [-0.39, 0.29) is 18.0 Å². The Kier molecular flexibility index (Phi) is 4.54. The lowest BCUT2D eigenvalue weighted by atomic mass is 9.89. The molecule has 1 aliphatic heterocycles. The molecule has 0 aromatic carbocycles. The second-order valence-corrected chi connectivity index (χ2v) is 4.44. The molecule has 1 aliphatic rings. The topological polar surface area (TPSA) is 72.3 Å². The van der Waals surface area contributed by atoms with E-state index in [1.165, 1.54) is 0 Å². The number of hydrogen-bond donors (Lipinski definition) is 2. The van der Waals surface area contributed by atoms with Crippen molar-refractivity contribution in [2.75, 3.05) is 13.1 Å². The summed E-state index contributed by atoms with van der Waals surface area (Å²) in [6, 6.07) is 0.184. The van der Waals surface area contributed by atoms with E-state index in [0.717, 1.165) is 32.4 Å². The van der Waals surface area contributed by atoms with Gasteiger partial charge in [0, 0.05) is 19.1 Å². The number of rotatable bonds is 4. The van der Waals surface area contributed by atoms with Crippen molar-refractivity contribution in [1.82, 2.24) is 4.90 Å². The molecule has 15 heavy (non-hydrogen) atoms. The Morgan fingerprint density at radius 1 is 1.53 bits per heavy atom. The molecule has 0 aromatic rings. The summed E-state index contributed by atoms with van der Waals surface area (Å²) in [7, 11) is 0. The van der Waals surface area contributed by atoms with E-state index in [1.54, 1.807) is 0 Å². The highest BCUT2D eigenvalue weighted by Crippen LogP contribution is 2.21. The first-order chi connectivity index (χ1) is 7.10. The quantitative estimate of drug-likeness (QED) is 0.706. The highest BCUT2D eigenvalue weighted by molar-refractivity contribution is 5.79. The van der Waals surface area contributed by atoms with Crippen molar-refractivity contribution in [3.63, 3.8) is 0 Å². The van der Waals surface area contributed by atoms with Gasteiger partial charge >= 0.3 is 0 Å². The van der Waals surface area contributed by atoms with E-state index < -0.39 is 0 Å². The summed E-state index contributed by atoms with van der Waals surface area (Å²) in [5.74, 6) is 0.301. The molecule has 0 bridgehead atoms.